The number of esters is 2. The number of carbonyl (C=O) groups is 2. The molecule has 1 saturated heterocycles. The van der Waals surface area contributed by atoms with Gasteiger partial charge in [0.15, 0.2) is 0 Å². The molecule has 0 saturated carbocycles. The summed E-state index contributed by atoms with van der Waals surface area (Å²) in [6.07, 6.45) is 6.42. The van der Waals surface area contributed by atoms with Gasteiger partial charge in [0.25, 0.3) is 0 Å². The molecular formula is C36H40N4O6. The zero-order chi connectivity index (χ0) is 33.2. The first-order valence-corrected chi connectivity index (χ1v) is 15.7. The van der Waals surface area contributed by atoms with Crippen molar-refractivity contribution < 1.29 is 29.3 Å². The van der Waals surface area contributed by atoms with Gasteiger partial charge in [0.05, 0.1) is 54.5 Å². The number of nitrogens with zero attached hydrogens (tertiary/aromatic N) is 3. The van der Waals surface area contributed by atoms with Crippen LogP contribution in [0.2, 0.25) is 0 Å². The highest BCUT2D eigenvalue weighted by atomic mass is 16.5. The molecule has 5 aliphatic heterocycles. The van der Waals surface area contributed by atoms with E-state index in [1.807, 2.05) is 39.0 Å². The Bertz CT molecular complexity index is 1840. The minimum atomic E-state index is -1.08. The van der Waals surface area contributed by atoms with Crippen molar-refractivity contribution in [2.45, 2.75) is 66.9 Å². The number of carbonyl (C=O) groups excluding carboxylic acids is 2. The number of aliphatic hydroxyl groups is 2. The normalized spacial score (nSPS) is 25.8. The summed E-state index contributed by atoms with van der Waals surface area (Å²) < 4.78 is 10.2. The lowest BCUT2D eigenvalue weighted by Crippen LogP contribution is -2.25. The van der Waals surface area contributed by atoms with Crippen LogP contribution in [0.25, 0.3) is 0 Å². The Balaban J connectivity index is 1.66. The molecule has 1 aliphatic carbocycles. The number of aliphatic hydroxyl groups excluding tert-OH is 2. The van der Waals surface area contributed by atoms with Crippen LogP contribution in [0.3, 0.4) is 0 Å². The molecule has 0 aromatic carbocycles. The molecule has 6 rings (SSSR count). The lowest BCUT2D eigenvalue weighted by Gasteiger charge is -2.20. The van der Waals surface area contributed by atoms with Crippen molar-refractivity contribution in [1.82, 2.24) is 5.32 Å². The lowest BCUT2D eigenvalue weighted by atomic mass is 9.84. The van der Waals surface area contributed by atoms with Gasteiger partial charge < -0.3 is 25.0 Å². The molecule has 4 unspecified atom stereocenters. The van der Waals surface area contributed by atoms with Crippen LogP contribution >= 0.6 is 0 Å². The fourth-order valence-electron chi connectivity index (χ4n) is 7.42. The van der Waals surface area contributed by atoms with E-state index >= 15 is 0 Å². The summed E-state index contributed by atoms with van der Waals surface area (Å²) in [5, 5.41) is 26.1. The number of allylic oxidation sites excluding steroid dienone is 10. The predicted molar refractivity (Wildman–Crippen MR) is 176 cm³/mol. The maximum atomic E-state index is 13.3. The molecule has 6 aliphatic rings. The summed E-state index contributed by atoms with van der Waals surface area (Å²) in [5.41, 5.74) is 11.0. The van der Waals surface area contributed by atoms with E-state index in [0.29, 0.717) is 46.1 Å². The zero-order valence-electron chi connectivity index (χ0n) is 27.5. The van der Waals surface area contributed by atoms with Gasteiger partial charge in [-0.3, -0.25) is 9.59 Å². The molecule has 0 aromatic rings. The van der Waals surface area contributed by atoms with Gasteiger partial charge in [0.2, 0.25) is 0 Å². The first-order valence-electron chi connectivity index (χ1n) is 15.7. The summed E-state index contributed by atoms with van der Waals surface area (Å²) in [6.45, 7) is 11.7. The fourth-order valence-corrected chi connectivity index (χ4v) is 7.42. The van der Waals surface area contributed by atoms with Crippen LogP contribution in [-0.4, -0.2) is 59.6 Å². The number of rotatable bonds is 6. The second kappa shape index (κ2) is 11.7. The van der Waals surface area contributed by atoms with Crippen LogP contribution < -0.4 is 5.32 Å². The molecule has 0 aromatic heterocycles. The standard InChI is InChI=1S/C36H40N4O6/c1-9-20-15(2)22-14-27-29(19(6)41)17(4)24(38-27)12-23-16(3)21(10-11-28(42)45-7)33(39-23)31-32(36(44)46-8)35(43)30-18(5)25(40-34(30)31)13-26(20)37-22/h12-14,16,19,21,32,39,41,43H,9-11H2,1-8H3. The third-order valence-electron chi connectivity index (χ3n) is 9.96. The van der Waals surface area contributed by atoms with Gasteiger partial charge in [-0.25, -0.2) is 15.0 Å². The van der Waals surface area contributed by atoms with Gasteiger partial charge in [-0.15, -0.1) is 0 Å². The van der Waals surface area contributed by atoms with Gasteiger partial charge in [-0.05, 0) is 81.1 Å². The highest BCUT2D eigenvalue weighted by Crippen LogP contribution is 2.49. The van der Waals surface area contributed by atoms with Crippen LogP contribution in [-0.2, 0) is 19.1 Å². The van der Waals surface area contributed by atoms with Crippen molar-refractivity contribution in [3.8, 4) is 0 Å². The Morgan fingerprint density at radius 2 is 1.67 bits per heavy atom. The first kappa shape index (κ1) is 31.4. The molecule has 0 spiro atoms. The Hall–Kier alpha value is -4.57. The zero-order valence-corrected chi connectivity index (χ0v) is 27.5. The van der Waals surface area contributed by atoms with E-state index < -0.39 is 18.0 Å². The molecule has 240 valence electrons. The van der Waals surface area contributed by atoms with Crippen LogP contribution in [0.5, 0.6) is 0 Å². The first-order chi connectivity index (χ1) is 21.9. The second-order valence-corrected chi connectivity index (χ2v) is 12.5. The Morgan fingerprint density at radius 1 is 0.978 bits per heavy atom. The van der Waals surface area contributed by atoms with Crippen molar-refractivity contribution in [2.75, 3.05) is 14.2 Å². The van der Waals surface area contributed by atoms with Gasteiger partial charge in [0.1, 0.15) is 11.7 Å². The third-order valence-corrected chi connectivity index (χ3v) is 9.96. The summed E-state index contributed by atoms with van der Waals surface area (Å²) >= 11 is 0. The minimum absolute atomic E-state index is 0.107. The Labute approximate surface area is 268 Å². The highest BCUT2D eigenvalue weighted by molar-refractivity contribution is 6.24. The van der Waals surface area contributed by atoms with E-state index in [1.54, 1.807) is 6.92 Å². The molecule has 5 heterocycles. The van der Waals surface area contributed by atoms with E-state index in [2.05, 4.69) is 19.2 Å². The van der Waals surface area contributed by atoms with Gasteiger partial charge in [-0.1, -0.05) is 13.8 Å². The SMILES string of the molecule is CCC1=C(C)C2=NC1=CC1=C(C)C3=C(O)C(C(=O)OC)C(=C4NC(=CC5=NC(=C2)C(C(C)O)=C5C)C(C)C4CCC(=O)OC)C3=N1. The maximum absolute atomic E-state index is 13.3. The average molecular weight is 625 g/mol. The summed E-state index contributed by atoms with van der Waals surface area (Å²) in [7, 11) is 2.66. The summed E-state index contributed by atoms with van der Waals surface area (Å²) in [4.78, 5) is 40.7. The largest absolute Gasteiger partial charge is 0.510 e. The van der Waals surface area contributed by atoms with E-state index in [0.717, 1.165) is 51.4 Å². The molecule has 3 N–H and O–H groups in total. The summed E-state index contributed by atoms with van der Waals surface area (Å²) in [5.74, 6) is -2.49. The van der Waals surface area contributed by atoms with E-state index in [4.69, 9.17) is 24.5 Å². The van der Waals surface area contributed by atoms with Crippen molar-refractivity contribution in [1.29, 1.82) is 0 Å². The predicted octanol–water partition coefficient (Wildman–Crippen LogP) is 5.39. The number of hydrogen-bond donors (Lipinski definition) is 3. The van der Waals surface area contributed by atoms with Crippen LogP contribution in [0.1, 0.15) is 60.8 Å². The van der Waals surface area contributed by atoms with Crippen molar-refractivity contribution >= 4 is 29.1 Å². The van der Waals surface area contributed by atoms with Crippen LogP contribution in [0.4, 0.5) is 0 Å². The number of nitrogens with one attached hydrogen (secondary N) is 1. The van der Waals surface area contributed by atoms with Crippen LogP contribution in [0, 0.1) is 17.8 Å². The molecule has 46 heavy (non-hydrogen) atoms. The molecule has 1 fully saturated rings. The van der Waals surface area contributed by atoms with Crippen molar-refractivity contribution in [3.05, 3.63) is 91.5 Å². The average Bonchev–Trinajstić information content (AvgIpc) is 3.76. The van der Waals surface area contributed by atoms with E-state index in [-0.39, 0.29) is 30.0 Å². The van der Waals surface area contributed by atoms with E-state index in [1.165, 1.54) is 14.2 Å². The fraction of sp³-hybridized carbons (Fsp3) is 0.417. The molecule has 0 radical (unpaired) electrons. The topological polar surface area (TPSA) is 142 Å². The lowest BCUT2D eigenvalue weighted by molar-refractivity contribution is -0.143. The smallest absolute Gasteiger partial charge is 0.321 e. The maximum Gasteiger partial charge on any atom is 0.321 e. The number of hydrogen-bond acceptors (Lipinski definition) is 10. The second-order valence-electron chi connectivity index (χ2n) is 12.5. The van der Waals surface area contributed by atoms with Crippen LogP contribution in [0.15, 0.2) is 106 Å². The number of aliphatic imine (C=N–C) groups is 3. The molecule has 10 heteroatoms. The quantitative estimate of drug-likeness (QED) is 0.336. The van der Waals surface area contributed by atoms with E-state index in [9.17, 15) is 19.8 Å². The van der Waals surface area contributed by atoms with Gasteiger partial charge >= 0.3 is 11.9 Å². The summed E-state index contributed by atoms with van der Waals surface area (Å²) in [6, 6.07) is 0. The molecule has 8 bridgehead atoms. The number of fused-ring (bicyclic) bond motifs is 5. The monoisotopic (exact) mass is 624 g/mol. The number of ether oxygens (including phenoxy) is 2. The minimum Gasteiger partial charge on any atom is -0.510 e. The van der Waals surface area contributed by atoms with Crippen molar-refractivity contribution in [3.63, 3.8) is 0 Å². The highest BCUT2D eigenvalue weighted by Gasteiger charge is 2.49. The third kappa shape index (κ3) is 4.78. The Morgan fingerprint density at radius 3 is 2.33 bits per heavy atom. The van der Waals surface area contributed by atoms with Crippen molar-refractivity contribution in [2.24, 2.45) is 32.7 Å². The van der Waals surface area contributed by atoms with Gasteiger partial charge in [0, 0.05) is 46.4 Å². The molecular weight excluding hydrogens is 584 g/mol. The Kier molecular flexibility index (Phi) is 7.96. The molecule has 10 nitrogen and oxygen atoms in total. The number of methoxy groups -OCH3 is 2. The van der Waals surface area contributed by atoms with Gasteiger partial charge in [-0.2, -0.15) is 0 Å². The molecule has 4 atom stereocenters. The molecule has 0 amide bonds.